The highest BCUT2D eigenvalue weighted by molar-refractivity contribution is 5.75. The van der Waals surface area contributed by atoms with Gasteiger partial charge in [-0.3, -0.25) is 0 Å². The van der Waals surface area contributed by atoms with Crippen LogP contribution in [0.5, 0.6) is 0 Å². The maximum atomic E-state index is 12.4. The fourth-order valence-corrected chi connectivity index (χ4v) is 2.13. The molecule has 0 spiro atoms. The topological polar surface area (TPSA) is 49.6 Å². The quantitative estimate of drug-likeness (QED) is 0.746. The minimum atomic E-state index is -0.184. The summed E-state index contributed by atoms with van der Waals surface area (Å²) in [4.78, 5) is 16.1. The Hall–Kier alpha value is -0.770. The van der Waals surface area contributed by atoms with E-state index >= 15 is 0 Å². The molecule has 0 aromatic heterocycles. The second-order valence-corrected chi connectivity index (χ2v) is 4.58. The fourth-order valence-electron chi connectivity index (χ4n) is 2.13. The van der Waals surface area contributed by atoms with E-state index in [1.54, 1.807) is 4.90 Å². The highest BCUT2D eigenvalue weighted by Crippen LogP contribution is 2.24. The van der Waals surface area contributed by atoms with E-state index in [0.29, 0.717) is 6.54 Å². The summed E-state index contributed by atoms with van der Waals surface area (Å²) in [6.45, 7) is 10.3. The highest BCUT2D eigenvalue weighted by Gasteiger charge is 2.35. The van der Waals surface area contributed by atoms with E-state index in [4.69, 9.17) is 5.73 Å². The molecule has 0 saturated carbocycles. The van der Waals surface area contributed by atoms with E-state index in [2.05, 4.69) is 20.8 Å². The Balaban J connectivity index is 5.10. The summed E-state index contributed by atoms with van der Waals surface area (Å²) in [6, 6.07) is 0.100. The highest BCUT2D eigenvalue weighted by atomic mass is 16.2. The molecule has 0 heterocycles. The summed E-state index contributed by atoms with van der Waals surface area (Å²) >= 11 is 0. The zero-order chi connectivity index (χ0) is 13.5. The minimum Gasteiger partial charge on any atom is -0.328 e. The molecule has 0 atom stereocenters. The van der Waals surface area contributed by atoms with Gasteiger partial charge in [-0.15, -0.1) is 0 Å². The van der Waals surface area contributed by atoms with E-state index in [1.165, 1.54) is 0 Å². The summed E-state index contributed by atoms with van der Waals surface area (Å²) in [5.74, 6) is 0. The van der Waals surface area contributed by atoms with Gasteiger partial charge in [0.1, 0.15) is 0 Å². The van der Waals surface area contributed by atoms with E-state index in [9.17, 15) is 4.79 Å². The van der Waals surface area contributed by atoms with Crippen molar-refractivity contribution in [1.29, 1.82) is 0 Å². The summed E-state index contributed by atoms with van der Waals surface area (Å²) < 4.78 is 0. The Kier molecular flexibility index (Phi) is 7.19. The van der Waals surface area contributed by atoms with Crippen LogP contribution in [0.15, 0.2) is 0 Å². The number of hydrogen-bond donors (Lipinski definition) is 1. The average Bonchev–Trinajstić information content (AvgIpc) is 2.38. The number of hydrogen-bond acceptors (Lipinski definition) is 2. The van der Waals surface area contributed by atoms with Crippen LogP contribution in [0.4, 0.5) is 4.79 Å². The predicted molar refractivity (Wildman–Crippen MR) is 73.1 cm³/mol. The van der Waals surface area contributed by atoms with Crippen molar-refractivity contribution in [3.8, 4) is 0 Å². The van der Waals surface area contributed by atoms with E-state index < -0.39 is 0 Å². The first-order valence-corrected chi connectivity index (χ1v) is 6.75. The van der Waals surface area contributed by atoms with Gasteiger partial charge in [-0.2, -0.15) is 0 Å². The third kappa shape index (κ3) is 3.60. The fraction of sp³-hybridized carbons (Fsp3) is 0.923. The molecule has 0 saturated heterocycles. The van der Waals surface area contributed by atoms with Gasteiger partial charge in [0.25, 0.3) is 0 Å². The van der Waals surface area contributed by atoms with Crippen molar-refractivity contribution in [1.82, 2.24) is 9.80 Å². The van der Waals surface area contributed by atoms with Gasteiger partial charge in [-0.1, -0.05) is 20.8 Å². The molecule has 0 radical (unpaired) electrons. The van der Waals surface area contributed by atoms with Gasteiger partial charge in [0.15, 0.2) is 0 Å². The molecule has 0 bridgehead atoms. The summed E-state index contributed by atoms with van der Waals surface area (Å²) in [7, 11) is 1.84. The lowest BCUT2D eigenvalue weighted by molar-refractivity contribution is 0.0872. The zero-order valence-electron chi connectivity index (χ0n) is 12.1. The molecule has 0 aliphatic carbocycles. The number of nitrogens with two attached hydrogens (primary N) is 1. The molecule has 0 unspecified atom stereocenters. The van der Waals surface area contributed by atoms with Crippen molar-refractivity contribution in [3.63, 3.8) is 0 Å². The maximum absolute atomic E-state index is 12.4. The van der Waals surface area contributed by atoms with Gasteiger partial charge in [0.05, 0.1) is 5.54 Å². The molecular weight excluding hydrogens is 214 g/mol. The first-order valence-electron chi connectivity index (χ1n) is 6.75. The van der Waals surface area contributed by atoms with Crippen molar-refractivity contribution < 1.29 is 4.79 Å². The Bertz CT molecular complexity index is 218. The van der Waals surface area contributed by atoms with Gasteiger partial charge in [-0.25, -0.2) is 4.79 Å². The molecular formula is C13H29N3O. The maximum Gasteiger partial charge on any atom is 0.320 e. The third-order valence-corrected chi connectivity index (χ3v) is 3.75. The second-order valence-electron chi connectivity index (χ2n) is 4.58. The van der Waals surface area contributed by atoms with Gasteiger partial charge in [0, 0.05) is 26.7 Å². The number of carbonyl (C=O) groups is 1. The molecule has 0 aromatic carbocycles. The Morgan fingerprint density at radius 2 is 1.71 bits per heavy atom. The molecule has 0 rings (SSSR count). The van der Waals surface area contributed by atoms with Crippen LogP contribution >= 0.6 is 0 Å². The van der Waals surface area contributed by atoms with E-state index in [-0.39, 0.29) is 11.6 Å². The molecule has 0 aliphatic heterocycles. The number of nitrogens with zero attached hydrogens (tertiary/aromatic N) is 2. The Morgan fingerprint density at radius 3 is 2.00 bits per heavy atom. The molecule has 2 amide bonds. The van der Waals surface area contributed by atoms with Gasteiger partial charge in [0.2, 0.25) is 0 Å². The van der Waals surface area contributed by atoms with Crippen molar-refractivity contribution >= 4 is 6.03 Å². The lowest BCUT2D eigenvalue weighted by Crippen LogP contribution is -2.58. The van der Waals surface area contributed by atoms with Crippen molar-refractivity contribution in [3.05, 3.63) is 0 Å². The Morgan fingerprint density at radius 1 is 1.18 bits per heavy atom. The normalized spacial score (nSPS) is 11.4. The number of amides is 2. The molecule has 0 fully saturated rings. The van der Waals surface area contributed by atoms with Gasteiger partial charge < -0.3 is 15.5 Å². The second kappa shape index (κ2) is 7.54. The summed E-state index contributed by atoms with van der Waals surface area (Å²) in [5.41, 5.74) is 5.74. The van der Waals surface area contributed by atoms with Crippen LogP contribution in [0.2, 0.25) is 0 Å². The number of urea groups is 1. The van der Waals surface area contributed by atoms with Crippen LogP contribution in [0.3, 0.4) is 0 Å². The first-order chi connectivity index (χ1) is 8.02. The van der Waals surface area contributed by atoms with Crippen LogP contribution < -0.4 is 5.73 Å². The van der Waals surface area contributed by atoms with Crippen molar-refractivity contribution in [2.75, 3.05) is 26.7 Å². The Labute approximate surface area is 106 Å². The van der Waals surface area contributed by atoms with Crippen molar-refractivity contribution in [2.45, 2.75) is 52.5 Å². The largest absolute Gasteiger partial charge is 0.328 e. The van der Waals surface area contributed by atoms with E-state index in [1.807, 2.05) is 18.9 Å². The summed E-state index contributed by atoms with van der Waals surface area (Å²) in [6.07, 6.45) is 2.78. The van der Waals surface area contributed by atoms with Crippen LogP contribution in [0.1, 0.15) is 47.0 Å². The SMILES string of the molecule is CCCN(C(=O)N(C)CC)C(CC)(CC)CN. The lowest BCUT2D eigenvalue weighted by atomic mass is 9.90. The van der Waals surface area contributed by atoms with Crippen LogP contribution in [-0.2, 0) is 0 Å². The molecule has 4 heteroatoms. The monoisotopic (exact) mass is 243 g/mol. The molecule has 17 heavy (non-hydrogen) atoms. The van der Waals surface area contributed by atoms with E-state index in [0.717, 1.165) is 32.4 Å². The standard InChI is InChI=1S/C13H29N3O/c1-6-10-16(12(17)15(5)9-4)13(7-2,8-3)11-14/h6-11,14H2,1-5H3. The molecule has 0 aliphatic rings. The average molecular weight is 243 g/mol. The van der Waals surface area contributed by atoms with Crippen LogP contribution in [-0.4, -0.2) is 48.1 Å². The van der Waals surface area contributed by atoms with Gasteiger partial charge >= 0.3 is 6.03 Å². The molecule has 2 N–H and O–H groups in total. The predicted octanol–water partition coefficient (Wildman–Crippen LogP) is 2.29. The van der Waals surface area contributed by atoms with Crippen LogP contribution in [0.25, 0.3) is 0 Å². The first kappa shape index (κ1) is 16.2. The molecule has 4 nitrogen and oxygen atoms in total. The van der Waals surface area contributed by atoms with Crippen LogP contribution in [0, 0.1) is 0 Å². The molecule has 0 aromatic rings. The molecule has 102 valence electrons. The summed E-state index contributed by atoms with van der Waals surface area (Å²) in [5, 5.41) is 0. The minimum absolute atomic E-state index is 0.100. The smallest absolute Gasteiger partial charge is 0.320 e. The number of rotatable bonds is 7. The number of carbonyl (C=O) groups excluding carboxylic acids is 1. The van der Waals surface area contributed by atoms with Gasteiger partial charge in [-0.05, 0) is 26.2 Å². The zero-order valence-corrected chi connectivity index (χ0v) is 12.1. The third-order valence-electron chi connectivity index (χ3n) is 3.75. The lowest BCUT2D eigenvalue weighted by Gasteiger charge is -2.44. The van der Waals surface area contributed by atoms with Crippen molar-refractivity contribution in [2.24, 2.45) is 5.73 Å².